The number of rotatable bonds is 4. The SMILES string of the molecule is CS(=O)(=O)Nc1ccc(NC(=O)c2cccc(C#N)c2)cc1. The standard InChI is InChI=1S/C15H13N3O3S/c1-22(20,21)18-14-7-5-13(6-8-14)17-15(19)12-4-2-3-11(9-12)10-16/h2-9,18H,1H3,(H,17,19). The van der Waals surface area contributed by atoms with Crippen LogP contribution in [0.5, 0.6) is 0 Å². The number of carbonyl (C=O) groups excluding carboxylic acids is 1. The zero-order chi connectivity index (χ0) is 16.2. The Hall–Kier alpha value is -2.85. The van der Waals surface area contributed by atoms with Crippen molar-refractivity contribution in [3.63, 3.8) is 0 Å². The third kappa shape index (κ3) is 4.33. The van der Waals surface area contributed by atoms with E-state index in [0.717, 1.165) is 6.26 Å². The number of hydrogen-bond donors (Lipinski definition) is 2. The van der Waals surface area contributed by atoms with Gasteiger partial charge in [-0.1, -0.05) is 6.07 Å². The normalized spacial score (nSPS) is 10.5. The minimum Gasteiger partial charge on any atom is -0.322 e. The summed E-state index contributed by atoms with van der Waals surface area (Å²) in [7, 11) is -3.33. The summed E-state index contributed by atoms with van der Waals surface area (Å²) < 4.78 is 24.5. The van der Waals surface area contributed by atoms with Crippen molar-refractivity contribution in [3.8, 4) is 6.07 Å². The molecule has 0 aliphatic rings. The number of anilines is 2. The van der Waals surface area contributed by atoms with Crippen LogP contribution in [0.15, 0.2) is 48.5 Å². The summed E-state index contributed by atoms with van der Waals surface area (Å²) in [4.78, 5) is 12.1. The maximum Gasteiger partial charge on any atom is 0.255 e. The van der Waals surface area contributed by atoms with Gasteiger partial charge >= 0.3 is 0 Å². The highest BCUT2D eigenvalue weighted by Crippen LogP contribution is 2.15. The summed E-state index contributed by atoms with van der Waals surface area (Å²) in [5, 5.41) is 11.5. The lowest BCUT2D eigenvalue weighted by Gasteiger charge is -2.07. The van der Waals surface area contributed by atoms with E-state index in [9.17, 15) is 13.2 Å². The first-order chi connectivity index (χ1) is 10.4. The predicted molar refractivity (Wildman–Crippen MR) is 84.0 cm³/mol. The van der Waals surface area contributed by atoms with Crippen LogP contribution >= 0.6 is 0 Å². The molecule has 0 aliphatic carbocycles. The van der Waals surface area contributed by atoms with Gasteiger partial charge in [0.1, 0.15) is 0 Å². The molecular weight excluding hydrogens is 302 g/mol. The van der Waals surface area contributed by atoms with Crippen LogP contribution in [0.3, 0.4) is 0 Å². The van der Waals surface area contributed by atoms with Gasteiger partial charge in [0.25, 0.3) is 5.91 Å². The number of hydrogen-bond acceptors (Lipinski definition) is 4. The van der Waals surface area contributed by atoms with E-state index < -0.39 is 10.0 Å². The Kier molecular flexibility index (Phi) is 4.44. The van der Waals surface area contributed by atoms with Crippen molar-refractivity contribution >= 4 is 27.3 Å². The van der Waals surface area contributed by atoms with Gasteiger partial charge in [-0.25, -0.2) is 8.42 Å². The molecule has 0 bridgehead atoms. The molecule has 0 heterocycles. The molecule has 0 aliphatic heterocycles. The van der Waals surface area contributed by atoms with Crippen LogP contribution in [0, 0.1) is 11.3 Å². The van der Waals surface area contributed by atoms with Crippen LogP contribution in [-0.4, -0.2) is 20.6 Å². The number of amides is 1. The molecule has 2 N–H and O–H groups in total. The number of benzene rings is 2. The largest absolute Gasteiger partial charge is 0.322 e. The lowest BCUT2D eigenvalue weighted by atomic mass is 10.1. The third-order valence-electron chi connectivity index (χ3n) is 2.70. The van der Waals surface area contributed by atoms with Crippen LogP contribution < -0.4 is 10.0 Å². The van der Waals surface area contributed by atoms with Crippen molar-refractivity contribution in [3.05, 3.63) is 59.7 Å². The second kappa shape index (κ2) is 6.28. The van der Waals surface area contributed by atoms with Gasteiger partial charge in [-0.3, -0.25) is 9.52 Å². The van der Waals surface area contributed by atoms with E-state index in [1.165, 1.54) is 6.07 Å². The molecule has 2 aromatic carbocycles. The summed E-state index contributed by atoms with van der Waals surface area (Å²) >= 11 is 0. The number of sulfonamides is 1. The lowest BCUT2D eigenvalue weighted by molar-refractivity contribution is 0.102. The highest BCUT2D eigenvalue weighted by molar-refractivity contribution is 7.92. The Bertz CT molecular complexity index is 837. The summed E-state index contributed by atoms with van der Waals surface area (Å²) in [6, 6.07) is 14.6. The summed E-state index contributed by atoms with van der Waals surface area (Å²) in [5.41, 5.74) is 1.70. The van der Waals surface area contributed by atoms with Gasteiger partial charge in [0.2, 0.25) is 10.0 Å². The van der Waals surface area contributed by atoms with Crippen molar-refractivity contribution in [2.45, 2.75) is 0 Å². The summed E-state index contributed by atoms with van der Waals surface area (Å²) in [5.74, 6) is -0.346. The third-order valence-corrected chi connectivity index (χ3v) is 3.31. The highest BCUT2D eigenvalue weighted by atomic mass is 32.2. The molecule has 2 aromatic rings. The fourth-order valence-electron chi connectivity index (χ4n) is 1.77. The van der Waals surface area contributed by atoms with E-state index in [1.807, 2.05) is 6.07 Å². The molecular formula is C15H13N3O3S. The van der Waals surface area contributed by atoms with Crippen LogP contribution in [0.1, 0.15) is 15.9 Å². The van der Waals surface area contributed by atoms with Gasteiger partial charge in [-0.05, 0) is 42.5 Å². The van der Waals surface area contributed by atoms with E-state index >= 15 is 0 Å². The van der Waals surface area contributed by atoms with Gasteiger partial charge in [0.15, 0.2) is 0 Å². The Morgan fingerprint density at radius 2 is 1.73 bits per heavy atom. The van der Waals surface area contributed by atoms with E-state index in [1.54, 1.807) is 42.5 Å². The molecule has 0 saturated carbocycles. The van der Waals surface area contributed by atoms with Gasteiger partial charge < -0.3 is 5.32 Å². The van der Waals surface area contributed by atoms with Gasteiger partial charge in [-0.2, -0.15) is 5.26 Å². The lowest BCUT2D eigenvalue weighted by Crippen LogP contribution is -2.12. The van der Waals surface area contributed by atoms with Gasteiger partial charge in [-0.15, -0.1) is 0 Å². The van der Waals surface area contributed by atoms with Crippen LogP contribution in [-0.2, 0) is 10.0 Å². The van der Waals surface area contributed by atoms with Crippen LogP contribution in [0.4, 0.5) is 11.4 Å². The van der Waals surface area contributed by atoms with Crippen LogP contribution in [0.25, 0.3) is 0 Å². The van der Waals surface area contributed by atoms with Gasteiger partial charge in [0.05, 0.1) is 17.9 Å². The number of nitriles is 1. The minimum atomic E-state index is -3.33. The molecule has 2 rings (SSSR count). The maximum atomic E-state index is 12.1. The van der Waals surface area contributed by atoms with E-state index in [-0.39, 0.29) is 5.91 Å². The minimum absolute atomic E-state index is 0.346. The smallest absolute Gasteiger partial charge is 0.255 e. The molecule has 0 saturated heterocycles. The molecule has 0 aromatic heterocycles. The first-order valence-electron chi connectivity index (χ1n) is 6.27. The zero-order valence-electron chi connectivity index (χ0n) is 11.7. The zero-order valence-corrected chi connectivity index (χ0v) is 12.5. The van der Waals surface area contributed by atoms with Crippen LogP contribution in [0.2, 0.25) is 0 Å². The first-order valence-corrected chi connectivity index (χ1v) is 8.16. The molecule has 0 spiro atoms. The molecule has 1 amide bonds. The molecule has 112 valence electrons. The second-order valence-electron chi connectivity index (χ2n) is 4.60. The second-order valence-corrected chi connectivity index (χ2v) is 6.35. The average molecular weight is 315 g/mol. The average Bonchev–Trinajstić information content (AvgIpc) is 2.48. The molecule has 7 heteroatoms. The molecule has 6 nitrogen and oxygen atoms in total. The first kappa shape index (κ1) is 15.5. The summed E-state index contributed by atoms with van der Waals surface area (Å²) in [6.45, 7) is 0. The van der Waals surface area contributed by atoms with Gasteiger partial charge in [0, 0.05) is 16.9 Å². The van der Waals surface area contributed by atoms with E-state index in [0.29, 0.717) is 22.5 Å². The maximum absolute atomic E-state index is 12.1. The molecule has 0 fully saturated rings. The number of carbonyl (C=O) groups is 1. The molecule has 22 heavy (non-hydrogen) atoms. The topological polar surface area (TPSA) is 99.1 Å². The Morgan fingerprint density at radius 1 is 1.09 bits per heavy atom. The summed E-state index contributed by atoms with van der Waals surface area (Å²) in [6.07, 6.45) is 1.06. The van der Waals surface area contributed by atoms with Crippen molar-refractivity contribution in [1.82, 2.24) is 0 Å². The highest BCUT2D eigenvalue weighted by Gasteiger charge is 2.07. The van der Waals surface area contributed by atoms with Crippen molar-refractivity contribution in [1.29, 1.82) is 5.26 Å². The fraction of sp³-hybridized carbons (Fsp3) is 0.0667. The Morgan fingerprint density at radius 3 is 2.32 bits per heavy atom. The van der Waals surface area contributed by atoms with E-state index in [4.69, 9.17) is 5.26 Å². The monoisotopic (exact) mass is 315 g/mol. The van der Waals surface area contributed by atoms with Crippen molar-refractivity contribution in [2.75, 3.05) is 16.3 Å². The quantitative estimate of drug-likeness (QED) is 0.903. The molecule has 0 atom stereocenters. The van der Waals surface area contributed by atoms with E-state index in [2.05, 4.69) is 10.0 Å². The Balaban J connectivity index is 2.10. The predicted octanol–water partition coefficient (Wildman–Crippen LogP) is 2.18. The number of nitrogens with zero attached hydrogens (tertiary/aromatic N) is 1. The fourth-order valence-corrected chi connectivity index (χ4v) is 2.33. The number of nitrogens with one attached hydrogen (secondary N) is 2. The Labute approximate surface area is 128 Å². The van der Waals surface area contributed by atoms with Crippen molar-refractivity contribution < 1.29 is 13.2 Å². The molecule has 0 radical (unpaired) electrons. The van der Waals surface area contributed by atoms with Crippen molar-refractivity contribution in [2.24, 2.45) is 0 Å². The molecule has 0 unspecified atom stereocenters.